The van der Waals surface area contributed by atoms with Gasteiger partial charge in [-0.2, -0.15) is 0 Å². The molecule has 0 radical (unpaired) electrons. The maximum atomic E-state index is 14.0. The Morgan fingerprint density at radius 1 is 0.523 bits per heavy atom. The van der Waals surface area contributed by atoms with E-state index in [9.17, 15) is 44.0 Å². The fraction of sp³-hybridized carbons (Fsp3) is 0.305. The van der Waals surface area contributed by atoms with Gasteiger partial charge in [0.05, 0.1) is 46.6 Å². The molecule has 111 heavy (non-hydrogen) atoms. The van der Waals surface area contributed by atoms with E-state index >= 15 is 0 Å². The van der Waals surface area contributed by atoms with Crippen molar-refractivity contribution >= 4 is 93.7 Å². The highest BCUT2D eigenvalue weighted by molar-refractivity contribution is 7.90. The van der Waals surface area contributed by atoms with Crippen LogP contribution in [-0.2, 0) is 43.0 Å². The maximum absolute atomic E-state index is 14.0. The second kappa shape index (κ2) is 31.2. The number of nitrogen functional groups attached to an aromatic ring is 2. The molecular weight excluding hydrogens is 1470 g/mol. The zero-order valence-corrected chi connectivity index (χ0v) is 66.0. The molecule has 0 spiro atoms. The molecule has 4 aromatic carbocycles. The molecule has 0 unspecified atom stereocenters. The second-order valence-electron chi connectivity index (χ2n) is 30.5. The molecular formula is C82H90FN15O10S3. The highest BCUT2D eigenvalue weighted by Crippen LogP contribution is 2.43. The molecule has 0 bridgehead atoms. The number of carbonyl (C=O) groups excluding carboxylic acids is 3. The number of pyridine rings is 6. The number of anilines is 5. The van der Waals surface area contributed by atoms with Crippen LogP contribution < -0.4 is 50.8 Å². The number of carbonyl (C=O) groups is 3. The van der Waals surface area contributed by atoms with Gasteiger partial charge in [0.2, 0.25) is 0 Å². The third kappa shape index (κ3) is 16.8. The number of nitrogens with two attached hydrogens (primary N) is 3. The standard InChI is InChI=1S/C30H33N5O3S.C27H29N5O3S.C25H28FN5O4S/c1-19-16-30(3,4)35(18-19)28-24(29(36)34-39(37,38)27-10-7-15-32-26(27)17-31)13-14-25(33-28)23-12-11-20(2)21-8-5-6-9-22(21)23;1-17-15-27(2,3)32(16-17)25-21(26(33)31-36(34,35)23-8-5-13-29-24(23)28)11-12-22(30-25)20-10-9-18-6-4-7-19(18)14-20;1-15-13-25(2,3)31(14-15)23-17(24(32)30-36(33,34)21-6-5-11-28-22(21)27)8-10-19(29-23)16-7-9-18(26)20(12-16)35-4/h5-15,19H,16-18,31H2,1-4H3,(H,34,36);4-5,7-14,17H,6,15-16H2,1-3H3,(H2,28,29)(H,31,33);5-12,15H,13-14H2,1-4H3,(H2,27,28)(H,30,32)/t19-;17-;15-/m000/s1. The zero-order valence-electron chi connectivity index (χ0n) is 63.6. The van der Waals surface area contributed by atoms with Gasteiger partial charge in [-0.15, -0.1) is 0 Å². The van der Waals surface area contributed by atoms with Crippen molar-refractivity contribution in [2.45, 2.75) is 133 Å². The maximum Gasteiger partial charge on any atom is 0.268 e. The molecule has 14 rings (SSSR count). The number of sulfonamides is 3. The van der Waals surface area contributed by atoms with E-state index in [1.807, 2.05) is 43.0 Å². The van der Waals surface area contributed by atoms with Crippen molar-refractivity contribution < 1.29 is 48.8 Å². The van der Waals surface area contributed by atoms with Crippen LogP contribution in [0.2, 0.25) is 0 Å². The van der Waals surface area contributed by atoms with Gasteiger partial charge in [-0.05, 0) is 216 Å². The number of nitrogens with zero attached hydrogens (tertiary/aromatic N) is 9. The van der Waals surface area contributed by atoms with E-state index in [4.69, 9.17) is 36.9 Å². The molecule has 3 saturated heterocycles. The first kappa shape index (κ1) is 79.3. The summed E-state index contributed by atoms with van der Waals surface area (Å²) in [6.07, 6.45) is 12.1. The Kier molecular flexibility index (Phi) is 22.3. The van der Waals surface area contributed by atoms with E-state index in [-0.39, 0.29) is 77.6 Å². The number of ether oxygens (including phenoxy) is 1. The van der Waals surface area contributed by atoms with Gasteiger partial charge in [-0.25, -0.2) is 68.7 Å². The summed E-state index contributed by atoms with van der Waals surface area (Å²) in [7, 11) is -11.4. The van der Waals surface area contributed by atoms with E-state index in [2.05, 4.69) is 137 Å². The van der Waals surface area contributed by atoms with Crippen LogP contribution in [0.1, 0.15) is 135 Å². The van der Waals surface area contributed by atoms with Gasteiger partial charge in [0, 0.05) is 78.1 Å². The number of hydrogen-bond donors (Lipinski definition) is 6. The number of halogens is 1. The average Bonchev–Trinajstić information content (AvgIpc) is 1.71. The van der Waals surface area contributed by atoms with Gasteiger partial charge in [0.1, 0.15) is 43.8 Å². The Balaban J connectivity index is 0.000000155. The SMILES string of the molecule is COc1cc(-c2ccc(C(=O)NS(=O)(=O)c3cccnc3N)c(N3C[C@@H](C)CC3(C)C)n2)ccc1F.C[C@@H]1CN(c2nc(-c3ccc4c(c3)C=CC4)ccc2C(=O)NS(=O)(=O)c2cccnc2N)C(C)(C)C1.Cc1ccc(-c2ccc(C(=O)NS(=O)(=O)c3cccnc3CN)c(N3C[C@@H](C)CC3(C)C)n2)c2ccccc12. The molecule has 4 aliphatic rings. The molecule has 3 amide bonds. The fourth-order valence-electron chi connectivity index (χ4n) is 15.5. The van der Waals surface area contributed by atoms with Gasteiger partial charge < -0.3 is 36.6 Å². The van der Waals surface area contributed by atoms with Gasteiger partial charge in [-0.1, -0.05) is 81.5 Å². The number of fused-ring (bicyclic) bond motifs is 2. The van der Waals surface area contributed by atoms with Gasteiger partial charge in [0.15, 0.2) is 11.6 Å². The number of nitrogens with one attached hydrogen (secondary N) is 3. The summed E-state index contributed by atoms with van der Waals surface area (Å²) in [6, 6.07) is 41.2. The molecule has 3 atom stereocenters. The number of allylic oxidation sites excluding steroid dienone is 1. The lowest BCUT2D eigenvalue weighted by molar-refractivity contribution is 0.0972. The lowest BCUT2D eigenvalue weighted by Gasteiger charge is -2.34. The Hall–Kier alpha value is -11.3. The van der Waals surface area contributed by atoms with Crippen LogP contribution in [-0.4, -0.2) is 116 Å². The third-order valence-corrected chi connectivity index (χ3v) is 24.6. The minimum atomic E-state index is -4.29. The lowest BCUT2D eigenvalue weighted by atomic mass is 9.96. The molecule has 6 aromatic heterocycles. The Labute approximate surface area is 646 Å². The van der Waals surface area contributed by atoms with Crippen LogP contribution in [0.15, 0.2) is 185 Å². The average molecular weight is 1560 g/mol. The summed E-state index contributed by atoms with van der Waals surface area (Å²) in [4.78, 5) is 72.3. The van der Waals surface area contributed by atoms with Crippen molar-refractivity contribution in [3.63, 3.8) is 0 Å². The Morgan fingerprint density at radius 3 is 1.40 bits per heavy atom. The van der Waals surface area contributed by atoms with Crippen LogP contribution in [0.4, 0.5) is 33.5 Å². The molecule has 578 valence electrons. The van der Waals surface area contributed by atoms with Crippen LogP contribution in [0.3, 0.4) is 0 Å². The van der Waals surface area contributed by atoms with E-state index in [0.717, 1.165) is 64.4 Å². The number of rotatable bonds is 17. The number of aromatic nitrogens is 6. The van der Waals surface area contributed by atoms with Crippen molar-refractivity contribution in [2.75, 3.05) is 52.9 Å². The van der Waals surface area contributed by atoms with Crippen molar-refractivity contribution in [3.8, 4) is 39.5 Å². The second-order valence-corrected chi connectivity index (χ2v) is 35.4. The first-order valence-corrected chi connectivity index (χ1v) is 40.7. The number of benzene rings is 4. The molecule has 10 aromatic rings. The molecule has 0 saturated carbocycles. The molecule has 9 heterocycles. The number of methoxy groups -OCH3 is 1. The van der Waals surface area contributed by atoms with Crippen LogP contribution in [0.25, 0.3) is 50.6 Å². The monoisotopic (exact) mass is 1560 g/mol. The topological polar surface area (TPSA) is 364 Å². The number of amides is 3. The molecule has 9 N–H and O–H groups in total. The summed E-state index contributed by atoms with van der Waals surface area (Å²) in [5, 5.41) is 2.20. The minimum absolute atomic E-state index is 0.0629. The number of hydrogen-bond acceptors (Lipinski definition) is 22. The summed E-state index contributed by atoms with van der Waals surface area (Å²) in [5.74, 6) is -0.841. The summed E-state index contributed by atoms with van der Waals surface area (Å²) in [6.45, 7) is 23.0. The molecule has 3 aliphatic heterocycles. The quantitative estimate of drug-likeness (QED) is 0.0493. The summed E-state index contributed by atoms with van der Waals surface area (Å²) < 4.78 is 104. The predicted octanol–water partition coefficient (Wildman–Crippen LogP) is 12.5. The van der Waals surface area contributed by atoms with Gasteiger partial charge in [0.25, 0.3) is 47.8 Å². The summed E-state index contributed by atoms with van der Waals surface area (Å²) in [5.41, 5.74) is 24.9. The first-order valence-electron chi connectivity index (χ1n) is 36.2. The normalized spacial score (nSPS) is 17.5. The smallest absolute Gasteiger partial charge is 0.268 e. The Bertz CT molecular complexity index is 5710. The molecule has 1 aliphatic carbocycles. The lowest BCUT2D eigenvalue weighted by Crippen LogP contribution is -2.41. The van der Waals surface area contributed by atoms with E-state index in [1.165, 1.54) is 85.9 Å². The molecule has 3 fully saturated rings. The van der Waals surface area contributed by atoms with Crippen molar-refractivity contribution in [1.29, 1.82) is 0 Å². The number of aryl methyl sites for hydroxylation is 1. The summed E-state index contributed by atoms with van der Waals surface area (Å²) >= 11 is 0. The van der Waals surface area contributed by atoms with Crippen molar-refractivity contribution in [1.82, 2.24) is 44.1 Å². The predicted molar refractivity (Wildman–Crippen MR) is 430 cm³/mol. The van der Waals surface area contributed by atoms with E-state index in [0.29, 0.717) is 71.8 Å². The van der Waals surface area contributed by atoms with E-state index < -0.39 is 53.6 Å². The molecule has 25 nitrogen and oxygen atoms in total. The zero-order chi connectivity index (χ0) is 79.9. The van der Waals surface area contributed by atoms with Gasteiger partial charge >= 0.3 is 0 Å². The van der Waals surface area contributed by atoms with Crippen LogP contribution in [0.5, 0.6) is 5.75 Å². The van der Waals surface area contributed by atoms with Crippen molar-refractivity contribution in [2.24, 2.45) is 23.5 Å². The van der Waals surface area contributed by atoms with Crippen molar-refractivity contribution in [3.05, 3.63) is 215 Å². The highest BCUT2D eigenvalue weighted by atomic mass is 32.2. The van der Waals surface area contributed by atoms with Crippen LogP contribution in [0, 0.1) is 30.5 Å². The fourth-order valence-corrected chi connectivity index (χ4v) is 18.8. The van der Waals surface area contributed by atoms with Crippen LogP contribution >= 0.6 is 0 Å². The largest absolute Gasteiger partial charge is 0.494 e. The highest BCUT2D eigenvalue weighted by Gasteiger charge is 2.43. The minimum Gasteiger partial charge on any atom is -0.494 e. The van der Waals surface area contributed by atoms with E-state index in [1.54, 1.807) is 36.4 Å². The first-order chi connectivity index (χ1) is 52.5. The molecule has 29 heteroatoms. The third-order valence-electron chi connectivity index (χ3n) is 20.5. The van der Waals surface area contributed by atoms with Gasteiger partial charge in [-0.3, -0.25) is 19.4 Å². The Morgan fingerprint density at radius 2 is 0.946 bits per heavy atom.